The average Bonchev–Trinajstić information content (AvgIpc) is 2.71. The number of rotatable bonds is 7. The van der Waals surface area contributed by atoms with Gasteiger partial charge in [-0.05, 0) is 43.3 Å². The number of pyridine rings is 1. The lowest BCUT2D eigenvalue weighted by molar-refractivity contribution is 0.252. The van der Waals surface area contributed by atoms with Gasteiger partial charge in [0.25, 0.3) is 0 Å². The Balaban J connectivity index is 1.40. The number of nitrogens with zero attached hydrogens (tertiary/aromatic N) is 3. The van der Waals surface area contributed by atoms with Gasteiger partial charge in [-0.15, -0.1) is 10.2 Å². The molecule has 28 heavy (non-hydrogen) atoms. The summed E-state index contributed by atoms with van der Waals surface area (Å²) in [6, 6.07) is 11.4. The van der Waals surface area contributed by atoms with E-state index in [1.807, 2.05) is 12.1 Å². The van der Waals surface area contributed by atoms with Crippen LogP contribution in [-0.4, -0.2) is 34.3 Å². The van der Waals surface area contributed by atoms with E-state index in [9.17, 15) is 9.18 Å². The highest BCUT2D eigenvalue weighted by Crippen LogP contribution is 2.17. The summed E-state index contributed by atoms with van der Waals surface area (Å²) >= 11 is 0. The minimum atomic E-state index is -0.404. The van der Waals surface area contributed by atoms with Crippen molar-refractivity contribution in [3.05, 3.63) is 66.2 Å². The van der Waals surface area contributed by atoms with Crippen molar-refractivity contribution in [3.8, 4) is 0 Å². The zero-order chi connectivity index (χ0) is 19.8. The molecule has 1 aromatic carbocycles. The molecule has 8 nitrogen and oxygen atoms in total. The van der Waals surface area contributed by atoms with Gasteiger partial charge in [-0.25, -0.2) is 9.18 Å². The molecule has 0 bridgehead atoms. The summed E-state index contributed by atoms with van der Waals surface area (Å²) in [5.41, 5.74) is 1.70. The molecule has 2 heterocycles. The van der Waals surface area contributed by atoms with E-state index in [0.29, 0.717) is 36.0 Å². The quantitative estimate of drug-likeness (QED) is 0.468. The predicted octanol–water partition coefficient (Wildman–Crippen LogP) is 3.30. The van der Waals surface area contributed by atoms with Crippen LogP contribution in [0.4, 0.5) is 32.2 Å². The van der Waals surface area contributed by atoms with Crippen LogP contribution >= 0.6 is 0 Å². The lowest BCUT2D eigenvalue weighted by Crippen LogP contribution is -2.33. The smallest absolute Gasteiger partial charge is 0.319 e. The van der Waals surface area contributed by atoms with Crippen molar-refractivity contribution >= 4 is 29.0 Å². The van der Waals surface area contributed by atoms with Crippen molar-refractivity contribution in [1.82, 2.24) is 20.5 Å². The number of hydrogen-bond acceptors (Lipinski definition) is 6. The third kappa shape index (κ3) is 5.37. The van der Waals surface area contributed by atoms with Gasteiger partial charge in [0.1, 0.15) is 11.6 Å². The molecule has 2 amide bonds. The van der Waals surface area contributed by atoms with Crippen LogP contribution in [0.3, 0.4) is 0 Å². The van der Waals surface area contributed by atoms with Crippen LogP contribution in [0, 0.1) is 12.7 Å². The van der Waals surface area contributed by atoms with Crippen molar-refractivity contribution < 1.29 is 9.18 Å². The normalized spacial score (nSPS) is 10.2. The maximum Gasteiger partial charge on any atom is 0.319 e. The van der Waals surface area contributed by atoms with E-state index in [0.717, 1.165) is 5.69 Å². The van der Waals surface area contributed by atoms with Gasteiger partial charge in [-0.2, -0.15) is 0 Å². The van der Waals surface area contributed by atoms with Gasteiger partial charge in [0.2, 0.25) is 0 Å². The molecule has 0 aliphatic rings. The van der Waals surface area contributed by atoms with Crippen molar-refractivity contribution in [3.63, 3.8) is 0 Å². The molecule has 2 aromatic heterocycles. The van der Waals surface area contributed by atoms with Gasteiger partial charge >= 0.3 is 6.03 Å². The van der Waals surface area contributed by atoms with Crippen LogP contribution in [0.5, 0.6) is 0 Å². The number of halogens is 1. The number of hydrogen-bond donors (Lipinski definition) is 4. The molecular weight excluding hydrogens is 361 g/mol. The third-order valence-electron chi connectivity index (χ3n) is 3.85. The highest BCUT2D eigenvalue weighted by Gasteiger charge is 2.06. The van der Waals surface area contributed by atoms with Gasteiger partial charge in [0.15, 0.2) is 5.82 Å². The van der Waals surface area contributed by atoms with E-state index in [-0.39, 0.29) is 5.82 Å². The molecule has 9 heteroatoms. The summed E-state index contributed by atoms with van der Waals surface area (Å²) < 4.78 is 13.5. The first kappa shape index (κ1) is 19.0. The summed E-state index contributed by atoms with van der Waals surface area (Å²) in [6.45, 7) is 2.43. The van der Waals surface area contributed by atoms with Gasteiger partial charge < -0.3 is 21.3 Å². The number of aromatic nitrogens is 3. The second-order valence-corrected chi connectivity index (χ2v) is 5.88. The van der Waals surface area contributed by atoms with E-state index >= 15 is 0 Å². The fourth-order valence-corrected chi connectivity index (χ4v) is 2.35. The molecule has 0 spiro atoms. The lowest BCUT2D eigenvalue weighted by Gasteiger charge is -2.11. The molecule has 0 aliphatic carbocycles. The number of urea groups is 1. The minimum absolute atomic E-state index is 0.360. The Morgan fingerprint density at radius 3 is 2.50 bits per heavy atom. The Morgan fingerprint density at radius 1 is 1.00 bits per heavy atom. The Hall–Kier alpha value is -3.75. The first-order chi connectivity index (χ1) is 13.6. The second-order valence-electron chi connectivity index (χ2n) is 5.88. The van der Waals surface area contributed by atoms with Crippen molar-refractivity contribution in [2.75, 3.05) is 29.0 Å². The van der Waals surface area contributed by atoms with Gasteiger partial charge in [-0.3, -0.25) is 4.98 Å². The van der Waals surface area contributed by atoms with Crippen LogP contribution in [0.2, 0.25) is 0 Å². The fraction of sp³-hybridized carbons (Fsp3) is 0.158. The molecule has 4 N–H and O–H groups in total. The van der Waals surface area contributed by atoms with Crippen LogP contribution in [-0.2, 0) is 0 Å². The largest absolute Gasteiger partial charge is 0.367 e. The zero-order valence-electron chi connectivity index (χ0n) is 15.2. The van der Waals surface area contributed by atoms with Gasteiger partial charge in [0.05, 0.1) is 0 Å². The lowest BCUT2D eigenvalue weighted by atomic mass is 10.2. The van der Waals surface area contributed by atoms with Gasteiger partial charge in [-0.1, -0.05) is 6.07 Å². The molecule has 3 rings (SSSR count). The number of amides is 2. The van der Waals surface area contributed by atoms with Gasteiger partial charge in [0, 0.05) is 42.4 Å². The number of benzene rings is 1. The Morgan fingerprint density at radius 2 is 1.75 bits per heavy atom. The molecule has 0 aliphatic heterocycles. The van der Waals surface area contributed by atoms with Crippen molar-refractivity contribution in [1.29, 1.82) is 0 Å². The molecule has 0 unspecified atom stereocenters. The Kier molecular flexibility index (Phi) is 6.29. The summed E-state index contributed by atoms with van der Waals surface area (Å²) in [4.78, 5) is 15.8. The first-order valence-corrected chi connectivity index (χ1v) is 8.66. The number of carbonyl (C=O) groups is 1. The number of anilines is 4. The van der Waals surface area contributed by atoms with Crippen LogP contribution in [0.15, 0.2) is 54.9 Å². The summed E-state index contributed by atoms with van der Waals surface area (Å²) in [6.07, 6.45) is 3.37. The summed E-state index contributed by atoms with van der Waals surface area (Å²) in [5.74, 6) is 0.836. The fourth-order valence-electron chi connectivity index (χ4n) is 2.35. The standard InChI is InChI=1S/C19H20FN7O/c1-13-15(20)3-2-4-16(13)25-19(28)23-12-11-22-17-5-6-18(27-26-17)24-14-7-9-21-10-8-14/h2-10H,11-12H2,1H3,(H,22,26)(H,21,24,27)(H2,23,25,28). The van der Waals surface area contributed by atoms with Crippen molar-refractivity contribution in [2.45, 2.75) is 6.92 Å². The SMILES string of the molecule is Cc1c(F)cccc1NC(=O)NCCNc1ccc(Nc2ccncc2)nn1. The highest BCUT2D eigenvalue weighted by atomic mass is 19.1. The molecule has 0 fully saturated rings. The maximum atomic E-state index is 13.5. The van der Waals surface area contributed by atoms with Crippen LogP contribution in [0.1, 0.15) is 5.56 Å². The average molecular weight is 381 g/mol. The second kappa shape index (κ2) is 9.26. The predicted molar refractivity (Wildman–Crippen MR) is 106 cm³/mol. The van der Waals surface area contributed by atoms with Crippen LogP contribution in [0.25, 0.3) is 0 Å². The van der Waals surface area contributed by atoms with E-state index in [1.165, 1.54) is 6.07 Å². The Labute approximate surface area is 161 Å². The number of carbonyl (C=O) groups excluding carboxylic acids is 1. The molecular formula is C19H20FN7O. The van der Waals surface area contributed by atoms with Crippen molar-refractivity contribution in [2.24, 2.45) is 0 Å². The minimum Gasteiger partial charge on any atom is -0.367 e. The van der Waals surface area contributed by atoms with E-state index in [4.69, 9.17) is 0 Å². The summed E-state index contributed by atoms with van der Waals surface area (Å²) in [5, 5.41) is 19.6. The number of nitrogens with one attached hydrogen (secondary N) is 4. The molecule has 0 atom stereocenters. The Bertz CT molecular complexity index is 919. The molecule has 0 radical (unpaired) electrons. The third-order valence-corrected chi connectivity index (χ3v) is 3.85. The zero-order valence-corrected chi connectivity index (χ0v) is 15.2. The van der Waals surface area contributed by atoms with Crippen LogP contribution < -0.4 is 21.3 Å². The molecule has 0 saturated carbocycles. The monoisotopic (exact) mass is 381 g/mol. The molecule has 0 saturated heterocycles. The topological polar surface area (TPSA) is 104 Å². The summed E-state index contributed by atoms with van der Waals surface area (Å²) in [7, 11) is 0. The molecule has 144 valence electrons. The maximum absolute atomic E-state index is 13.5. The highest BCUT2D eigenvalue weighted by molar-refractivity contribution is 5.90. The first-order valence-electron chi connectivity index (χ1n) is 8.66. The van der Waals surface area contributed by atoms with E-state index in [1.54, 1.807) is 43.6 Å². The molecule has 3 aromatic rings. The van der Waals surface area contributed by atoms with E-state index < -0.39 is 6.03 Å². The van der Waals surface area contributed by atoms with E-state index in [2.05, 4.69) is 36.4 Å².